The number of fused-ring (bicyclic) bond motifs is 5. The standard InChI is InChI=1S/C24H36O4/c1-14(25)22-21(27-5)13-20-18-7-6-16-12-17(28-15(2)26)8-10-23(16,3)19(18)9-11-24(20,22)4/h6,17-22H,7-13H2,1-5H3/t17-,18+,19-,20-,21+,22-,23-,24-/m0/s1. The molecule has 3 fully saturated rings. The van der Waals surface area contributed by atoms with Gasteiger partial charge in [0, 0.05) is 26.4 Å². The number of ketones is 1. The first kappa shape index (κ1) is 20.1. The molecule has 0 aromatic heterocycles. The zero-order valence-electron chi connectivity index (χ0n) is 18.1. The Morgan fingerprint density at radius 2 is 1.86 bits per heavy atom. The Hall–Kier alpha value is -1.16. The highest BCUT2D eigenvalue weighted by atomic mass is 16.5. The van der Waals surface area contributed by atoms with Crippen LogP contribution in [0.25, 0.3) is 0 Å². The van der Waals surface area contributed by atoms with E-state index in [0.29, 0.717) is 23.5 Å². The molecule has 4 heteroatoms. The van der Waals surface area contributed by atoms with Crippen molar-refractivity contribution in [1.29, 1.82) is 0 Å². The third-order valence-corrected chi connectivity index (χ3v) is 9.14. The van der Waals surface area contributed by atoms with Gasteiger partial charge in [0.1, 0.15) is 11.9 Å². The van der Waals surface area contributed by atoms with E-state index in [1.807, 2.05) is 0 Å². The lowest BCUT2D eigenvalue weighted by molar-refractivity contribution is -0.149. The highest BCUT2D eigenvalue weighted by Gasteiger charge is 2.62. The lowest BCUT2D eigenvalue weighted by Crippen LogP contribution is -2.51. The van der Waals surface area contributed by atoms with E-state index in [-0.39, 0.29) is 34.9 Å². The van der Waals surface area contributed by atoms with Gasteiger partial charge in [-0.25, -0.2) is 0 Å². The fraction of sp³-hybridized carbons (Fsp3) is 0.833. The molecule has 0 bridgehead atoms. The molecule has 4 aliphatic rings. The number of ether oxygens (including phenoxy) is 2. The molecular formula is C24H36O4. The normalized spacial score (nSPS) is 47.4. The second kappa shape index (κ2) is 6.97. The molecule has 0 aromatic rings. The zero-order valence-corrected chi connectivity index (χ0v) is 18.1. The Morgan fingerprint density at radius 1 is 1.11 bits per heavy atom. The van der Waals surface area contributed by atoms with Gasteiger partial charge in [0.05, 0.1) is 6.10 Å². The Balaban J connectivity index is 1.61. The molecule has 3 saturated carbocycles. The van der Waals surface area contributed by atoms with Gasteiger partial charge in [-0.05, 0) is 74.0 Å². The first-order chi connectivity index (χ1) is 13.2. The van der Waals surface area contributed by atoms with E-state index in [9.17, 15) is 9.59 Å². The summed E-state index contributed by atoms with van der Waals surface area (Å²) in [5.74, 6) is 2.05. The first-order valence-corrected chi connectivity index (χ1v) is 11.1. The van der Waals surface area contributed by atoms with Gasteiger partial charge in [0.2, 0.25) is 0 Å². The maximum absolute atomic E-state index is 12.5. The smallest absolute Gasteiger partial charge is 0.302 e. The van der Waals surface area contributed by atoms with E-state index in [1.165, 1.54) is 18.9 Å². The van der Waals surface area contributed by atoms with Crippen molar-refractivity contribution in [3.8, 4) is 0 Å². The van der Waals surface area contributed by atoms with Crippen LogP contribution in [0.1, 0.15) is 72.6 Å². The van der Waals surface area contributed by atoms with Crippen LogP contribution in [0.3, 0.4) is 0 Å². The fourth-order valence-corrected chi connectivity index (χ4v) is 7.91. The van der Waals surface area contributed by atoms with Crippen molar-refractivity contribution in [3.63, 3.8) is 0 Å². The summed E-state index contributed by atoms with van der Waals surface area (Å²) in [6, 6.07) is 0. The quantitative estimate of drug-likeness (QED) is 0.519. The van der Waals surface area contributed by atoms with Crippen LogP contribution in [0.15, 0.2) is 11.6 Å². The highest BCUT2D eigenvalue weighted by Crippen LogP contribution is 2.66. The van der Waals surface area contributed by atoms with Gasteiger partial charge in [-0.15, -0.1) is 0 Å². The molecule has 0 saturated heterocycles. The molecule has 4 aliphatic carbocycles. The van der Waals surface area contributed by atoms with Crippen LogP contribution >= 0.6 is 0 Å². The van der Waals surface area contributed by atoms with Crippen LogP contribution in [-0.4, -0.2) is 31.1 Å². The molecule has 0 N–H and O–H groups in total. The summed E-state index contributed by atoms with van der Waals surface area (Å²) >= 11 is 0. The summed E-state index contributed by atoms with van der Waals surface area (Å²) in [6.45, 7) is 8.08. The maximum atomic E-state index is 12.5. The van der Waals surface area contributed by atoms with Crippen LogP contribution in [0, 0.1) is 34.5 Å². The molecule has 0 heterocycles. The molecule has 0 radical (unpaired) electrons. The summed E-state index contributed by atoms with van der Waals surface area (Å²) in [7, 11) is 1.77. The predicted molar refractivity (Wildman–Crippen MR) is 108 cm³/mol. The summed E-state index contributed by atoms with van der Waals surface area (Å²) in [4.78, 5) is 23.9. The van der Waals surface area contributed by atoms with Crippen LogP contribution in [0.4, 0.5) is 0 Å². The van der Waals surface area contributed by atoms with Gasteiger partial charge in [-0.3, -0.25) is 9.59 Å². The van der Waals surface area contributed by atoms with Crippen molar-refractivity contribution >= 4 is 11.8 Å². The second-order valence-corrected chi connectivity index (χ2v) is 10.4. The predicted octanol–water partition coefficient (Wildman–Crippen LogP) is 4.71. The van der Waals surface area contributed by atoms with Crippen molar-refractivity contribution < 1.29 is 19.1 Å². The molecule has 4 rings (SSSR count). The van der Waals surface area contributed by atoms with Gasteiger partial charge < -0.3 is 9.47 Å². The third kappa shape index (κ3) is 2.89. The number of esters is 1. The second-order valence-electron chi connectivity index (χ2n) is 10.4. The van der Waals surface area contributed by atoms with Crippen LogP contribution in [-0.2, 0) is 19.1 Å². The van der Waals surface area contributed by atoms with E-state index in [0.717, 1.165) is 38.5 Å². The molecule has 0 aromatic carbocycles. The summed E-state index contributed by atoms with van der Waals surface area (Å²) < 4.78 is 11.4. The molecule has 0 unspecified atom stereocenters. The van der Waals surface area contributed by atoms with Crippen molar-refractivity contribution in [3.05, 3.63) is 11.6 Å². The lowest BCUT2D eigenvalue weighted by atomic mass is 9.47. The number of allylic oxidation sites excluding steroid dienone is 1. The largest absolute Gasteiger partial charge is 0.462 e. The van der Waals surface area contributed by atoms with Crippen LogP contribution in [0.2, 0.25) is 0 Å². The van der Waals surface area contributed by atoms with Crippen molar-refractivity contribution in [2.45, 2.75) is 84.8 Å². The SMILES string of the molecule is CO[C@@H]1C[C@H]2[C@@H]3CC=C4C[C@@H](OC(C)=O)CC[C@]4(C)[C@H]3CC[C@]2(C)[C@H]1C(C)=O. The molecule has 0 spiro atoms. The van der Waals surface area contributed by atoms with Crippen LogP contribution in [0.5, 0.6) is 0 Å². The van der Waals surface area contributed by atoms with Gasteiger partial charge in [0.25, 0.3) is 0 Å². The third-order valence-electron chi connectivity index (χ3n) is 9.14. The number of rotatable bonds is 3. The zero-order chi connectivity index (χ0) is 20.3. The van der Waals surface area contributed by atoms with E-state index in [1.54, 1.807) is 14.0 Å². The average molecular weight is 389 g/mol. The first-order valence-electron chi connectivity index (χ1n) is 11.1. The Kier molecular flexibility index (Phi) is 5.01. The molecule has 0 aliphatic heterocycles. The van der Waals surface area contributed by atoms with E-state index >= 15 is 0 Å². The lowest BCUT2D eigenvalue weighted by Gasteiger charge is -2.57. The summed E-state index contributed by atoms with van der Waals surface area (Å²) in [5.41, 5.74) is 1.81. The number of hydrogen-bond acceptors (Lipinski definition) is 4. The number of carbonyl (C=O) groups is 2. The Labute approximate surface area is 169 Å². The van der Waals surface area contributed by atoms with Gasteiger partial charge in [-0.2, -0.15) is 0 Å². The number of Topliss-reactive ketones (excluding diaryl/α,β-unsaturated/α-hetero) is 1. The Morgan fingerprint density at radius 3 is 2.50 bits per heavy atom. The minimum atomic E-state index is -0.164. The fourth-order valence-electron chi connectivity index (χ4n) is 7.91. The van der Waals surface area contributed by atoms with Crippen LogP contribution < -0.4 is 0 Å². The number of carbonyl (C=O) groups excluding carboxylic acids is 2. The van der Waals surface area contributed by atoms with Gasteiger partial charge in [-0.1, -0.05) is 25.5 Å². The highest BCUT2D eigenvalue weighted by molar-refractivity contribution is 5.80. The topological polar surface area (TPSA) is 52.6 Å². The molecule has 28 heavy (non-hydrogen) atoms. The molecule has 4 nitrogen and oxygen atoms in total. The monoisotopic (exact) mass is 388 g/mol. The molecule has 0 amide bonds. The molecule has 156 valence electrons. The minimum Gasteiger partial charge on any atom is -0.462 e. The van der Waals surface area contributed by atoms with Crippen molar-refractivity contribution in [1.82, 2.24) is 0 Å². The van der Waals surface area contributed by atoms with Gasteiger partial charge >= 0.3 is 5.97 Å². The Bertz CT molecular complexity index is 697. The van der Waals surface area contributed by atoms with Crippen molar-refractivity contribution in [2.24, 2.45) is 34.5 Å². The number of hydrogen-bond donors (Lipinski definition) is 0. The summed E-state index contributed by atoms with van der Waals surface area (Å²) in [6.07, 6.45) is 10.0. The minimum absolute atomic E-state index is 0.0429. The maximum Gasteiger partial charge on any atom is 0.302 e. The summed E-state index contributed by atoms with van der Waals surface area (Å²) in [5, 5.41) is 0. The van der Waals surface area contributed by atoms with Crippen molar-refractivity contribution in [2.75, 3.05) is 7.11 Å². The van der Waals surface area contributed by atoms with Gasteiger partial charge in [0.15, 0.2) is 0 Å². The number of methoxy groups -OCH3 is 1. The van der Waals surface area contributed by atoms with E-state index in [2.05, 4.69) is 19.9 Å². The average Bonchev–Trinajstić information content (AvgIpc) is 2.94. The van der Waals surface area contributed by atoms with E-state index < -0.39 is 0 Å². The molecule has 8 atom stereocenters. The molecular weight excluding hydrogens is 352 g/mol. The van der Waals surface area contributed by atoms with E-state index in [4.69, 9.17) is 9.47 Å².